The Morgan fingerprint density at radius 1 is 1.50 bits per heavy atom. The van der Waals surface area contributed by atoms with Gasteiger partial charge in [-0.1, -0.05) is 6.07 Å². The Morgan fingerprint density at radius 3 is 2.80 bits per heavy atom. The third-order valence-electron chi connectivity index (χ3n) is 3.38. The number of nitrogens with one attached hydrogen (secondary N) is 1. The molecule has 1 fully saturated rings. The first-order valence-corrected chi connectivity index (χ1v) is 7.01. The number of carbonyl (C=O) groups excluding carboxylic acids is 1. The van der Waals surface area contributed by atoms with Crippen LogP contribution in [0, 0.1) is 5.82 Å². The van der Waals surface area contributed by atoms with E-state index in [1.165, 1.54) is 6.07 Å². The zero-order chi connectivity index (χ0) is 14.5. The van der Waals surface area contributed by atoms with Crippen LogP contribution in [0.5, 0.6) is 5.75 Å². The summed E-state index contributed by atoms with van der Waals surface area (Å²) in [7, 11) is 1.80. The first-order valence-electron chi connectivity index (χ1n) is 7.01. The predicted octanol–water partition coefficient (Wildman–Crippen LogP) is 1.93. The van der Waals surface area contributed by atoms with Crippen LogP contribution in [-0.2, 0) is 11.3 Å². The van der Waals surface area contributed by atoms with Crippen molar-refractivity contribution in [1.29, 1.82) is 0 Å². The van der Waals surface area contributed by atoms with Crippen molar-refractivity contribution in [3.63, 3.8) is 0 Å². The zero-order valence-corrected chi connectivity index (χ0v) is 12.0. The molecule has 5 heteroatoms. The minimum atomic E-state index is -0.431. The van der Waals surface area contributed by atoms with Crippen LogP contribution in [0.25, 0.3) is 0 Å². The predicted molar refractivity (Wildman–Crippen MR) is 75.1 cm³/mol. The SMILES string of the molecule is CCN(C(=O)COc1ccc(CNC)cc1F)C1CC1. The molecule has 1 aliphatic carbocycles. The molecule has 1 aromatic carbocycles. The van der Waals surface area contributed by atoms with Crippen LogP contribution in [0.4, 0.5) is 4.39 Å². The summed E-state index contributed by atoms with van der Waals surface area (Å²) in [6, 6.07) is 5.15. The molecule has 0 spiro atoms. The van der Waals surface area contributed by atoms with Gasteiger partial charge in [-0.15, -0.1) is 0 Å². The van der Waals surface area contributed by atoms with Crippen LogP contribution in [0.1, 0.15) is 25.3 Å². The summed E-state index contributed by atoms with van der Waals surface area (Å²) in [5, 5.41) is 2.95. The molecule has 0 bridgehead atoms. The Balaban J connectivity index is 1.91. The topological polar surface area (TPSA) is 41.6 Å². The van der Waals surface area contributed by atoms with E-state index in [1.807, 2.05) is 6.92 Å². The minimum absolute atomic E-state index is 0.0753. The monoisotopic (exact) mass is 280 g/mol. The van der Waals surface area contributed by atoms with Crippen molar-refractivity contribution in [3.05, 3.63) is 29.6 Å². The van der Waals surface area contributed by atoms with Gasteiger partial charge in [-0.2, -0.15) is 0 Å². The Hall–Kier alpha value is -1.62. The van der Waals surface area contributed by atoms with Crippen LogP contribution in [0.3, 0.4) is 0 Å². The summed E-state index contributed by atoms with van der Waals surface area (Å²) < 4.78 is 19.1. The highest BCUT2D eigenvalue weighted by molar-refractivity contribution is 5.78. The van der Waals surface area contributed by atoms with E-state index in [2.05, 4.69) is 5.32 Å². The lowest BCUT2D eigenvalue weighted by Gasteiger charge is -2.20. The molecule has 0 aliphatic heterocycles. The molecule has 2 rings (SSSR count). The van der Waals surface area contributed by atoms with Crippen LogP contribution in [0.15, 0.2) is 18.2 Å². The van der Waals surface area contributed by atoms with E-state index in [9.17, 15) is 9.18 Å². The highest BCUT2D eigenvalue weighted by atomic mass is 19.1. The Kier molecular flexibility index (Phi) is 4.95. The van der Waals surface area contributed by atoms with Gasteiger partial charge >= 0.3 is 0 Å². The molecule has 0 atom stereocenters. The van der Waals surface area contributed by atoms with E-state index in [4.69, 9.17) is 4.74 Å². The van der Waals surface area contributed by atoms with Crippen molar-refractivity contribution >= 4 is 5.91 Å². The van der Waals surface area contributed by atoms with Gasteiger partial charge in [0.25, 0.3) is 5.91 Å². The molecule has 20 heavy (non-hydrogen) atoms. The van der Waals surface area contributed by atoms with Crippen LogP contribution in [0.2, 0.25) is 0 Å². The number of rotatable bonds is 7. The van der Waals surface area contributed by atoms with Crippen molar-refractivity contribution in [2.24, 2.45) is 0 Å². The maximum absolute atomic E-state index is 13.8. The number of hydrogen-bond acceptors (Lipinski definition) is 3. The van der Waals surface area contributed by atoms with Crippen molar-refractivity contribution in [2.45, 2.75) is 32.4 Å². The number of carbonyl (C=O) groups is 1. The number of likely N-dealkylation sites (N-methyl/N-ethyl adjacent to an activating group) is 1. The van der Waals surface area contributed by atoms with Gasteiger partial charge in [-0.05, 0) is 44.5 Å². The van der Waals surface area contributed by atoms with E-state index in [-0.39, 0.29) is 18.3 Å². The van der Waals surface area contributed by atoms with Gasteiger partial charge in [-0.25, -0.2) is 4.39 Å². The van der Waals surface area contributed by atoms with Gasteiger partial charge in [0.15, 0.2) is 18.2 Å². The second-order valence-corrected chi connectivity index (χ2v) is 4.99. The number of ether oxygens (including phenoxy) is 1. The first kappa shape index (κ1) is 14.8. The fourth-order valence-corrected chi connectivity index (χ4v) is 2.22. The number of hydrogen-bond donors (Lipinski definition) is 1. The molecule has 110 valence electrons. The molecule has 1 N–H and O–H groups in total. The molecule has 0 heterocycles. The third kappa shape index (κ3) is 3.70. The highest BCUT2D eigenvalue weighted by Gasteiger charge is 2.31. The van der Waals surface area contributed by atoms with E-state index in [0.29, 0.717) is 19.1 Å². The lowest BCUT2D eigenvalue weighted by Crippen LogP contribution is -2.36. The van der Waals surface area contributed by atoms with Crippen LogP contribution >= 0.6 is 0 Å². The zero-order valence-electron chi connectivity index (χ0n) is 12.0. The van der Waals surface area contributed by atoms with Gasteiger partial charge in [-0.3, -0.25) is 4.79 Å². The largest absolute Gasteiger partial charge is 0.481 e. The standard InChI is InChI=1S/C15H21FN2O2/c1-3-18(12-5-6-12)15(19)10-20-14-7-4-11(9-17-2)8-13(14)16/h4,7-8,12,17H,3,5-6,9-10H2,1-2H3. The summed E-state index contributed by atoms with van der Waals surface area (Å²) in [4.78, 5) is 13.8. The van der Waals surface area contributed by atoms with Crippen molar-refractivity contribution < 1.29 is 13.9 Å². The highest BCUT2D eigenvalue weighted by Crippen LogP contribution is 2.26. The minimum Gasteiger partial charge on any atom is -0.481 e. The Labute approximate surface area is 118 Å². The summed E-state index contributed by atoms with van der Waals surface area (Å²) in [5.74, 6) is -0.376. The summed E-state index contributed by atoms with van der Waals surface area (Å²) in [5.41, 5.74) is 0.844. The average molecular weight is 280 g/mol. The summed E-state index contributed by atoms with van der Waals surface area (Å²) >= 11 is 0. The van der Waals surface area contributed by atoms with Gasteiger partial charge < -0.3 is 15.0 Å². The van der Waals surface area contributed by atoms with Gasteiger partial charge in [0.1, 0.15) is 0 Å². The maximum Gasteiger partial charge on any atom is 0.260 e. The smallest absolute Gasteiger partial charge is 0.260 e. The van der Waals surface area contributed by atoms with Gasteiger partial charge in [0.2, 0.25) is 0 Å². The molecule has 4 nitrogen and oxygen atoms in total. The molecule has 1 aromatic rings. The second kappa shape index (κ2) is 6.70. The van der Waals surface area contributed by atoms with Crippen LogP contribution < -0.4 is 10.1 Å². The molecule has 1 aliphatic rings. The molecular formula is C15H21FN2O2. The number of halogens is 1. The fraction of sp³-hybridized carbons (Fsp3) is 0.533. The van der Waals surface area contributed by atoms with Gasteiger partial charge in [0.05, 0.1) is 0 Å². The van der Waals surface area contributed by atoms with Crippen LogP contribution in [-0.4, -0.2) is 37.0 Å². The molecule has 0 saturated heterocycles. The first-order chi connectivity index (χ1) is 9.65. The maximum atomic E-state index is 13.8. The lowest BCUT2D eigenvalue weighted by molar-refractivity contribution is -0.133. The molecule has 0 unspecified atom stereocenters. The molecule has 1 amide bonds. The third-order valence-corrected chi connectivity index (χ3v) is 3.38. The van der Waals surface area contributed by atoms with E-state index in [0.717, 1.165) is 18.4 Å². The Bertz CT molecular complexity index is 475. The summed E-state index contributed by atoms with van der Waals surface area (Å²) in [6.07, 6.45) is 2.12. The van der Waals surface area contributed by atoms with Crippen molar-refractivity contribution in [3.8, 4) is 5.75 Å². The molecule has 1 saturated carbocycles. The average Bonchev–Trinajstić information content (AvgIpc) is 3.24. The second-order valence-electron chi connectivity index (χ2n) is 4.99. The molecule has 0 radical (unpaired) electrons. The summed E-state index contributed by atoms with van der Waals surface area (Å²) in [6.45, 7) is 3.12. The van der Waals surface area contributed by atoms with E-state index in [1.54, 1.807) is 24.1 Å². The molecular weight excluding hydrogens is 259 g/mol. The fourth-order valence-electron chi connectivity index (χ4n) is 2.22. The number of benzene rings is 1. The lowest BCUT2D eigenvalue weighted by atomic mass is 10.2. The van der Waals surface area contributed by atoms with Crippen molar-refractivity contribution in [2.75, 3.05) is 20.2 Å². The number of amides is 1. The number of nitrogens with zero attached hydrogens (tertiary/aromatic N) is 1. The quantitative estimate of drug-likeness (QED) is 0.830. The molecule has 0 aromatic heterocycles. The Morgan fingerprint density at radius 2 is 2.25 bits per heavy atom. The van der Waals surface area contributed by atoms with E-state index < -0.39 is 5.82 Å². The normalized spacial score (nSPS) is 14.2. The van der Waals surface area contributed by atoms with Crippen molar-refractivity contribution in [1.82, 2.24) is 10.2 Å². The van der Waals surface area contributed by atoms with Gasteiger partial charge in [0, 0.05) is 19.1 Å². The van der Waals surface area contributed by atoms with E-state index >= 15 is 0 Å².